The maximum absolute atomic E-state index is 13.1. The van der Waals surface area contributed by atoms with E-state index in [0.29, 0.717) is 5.56 Å². The molecule has 3 rings (SSSR count). The number of aryl methyl sites for hydroxylation is 2. The molecule has 0 spiro atoms. The average molecular weight is 340 g/mol. The minimum atomic E-state index is -3.87. The molecule has 0 amide bonds. The third-order valence-corrected chi connectivity index (χ3v) is 6.14. The van der Waals surface area contributed by atoms with E-state index in [1.165, 1.54) is 35.5 Å². The number of sulfonamides is 1. The molecule has 1 aromatic carbocycles. The van der Waals surface area contributed by atoms with Crippen LogP contribution in [-0.4, -0.2) is 35.6 Å². The Balaban J connectivity index is 2.04. The molecule has 1 aliphatic rings. The Morgan fingerprint density at radius 3 is 2.52 bits per heavy atom. The van der Waals surface area contributed by atoms with Gasteiger partial charge in [0.15, 0.2) is 5.76 Å². The standard InChI is InChI=1S/C15H17FN2O4S/c1-9-15(10(2)22-17-9)23(20,21)18-8-13(19)7-14(18)11-3-5-12(16)6-4-11/h3-6,13-14,19H,7-8H2,1-2H3/t13-,14+/m0/s1. The van der Waals surface area contributed by atoms with E-state index in [4.69, 9.17) is 4.52 Å². The molecule has 1 aliphatic heterocycles. The Morgan fingerprint density at radius 2 is 1.96 bits per heavy atom. The van der Waals surface area contributed by atoms with Crippen molar-refractivity contribution in [3.63, 3.8) is 0 Å². The van der Waals surface area contributed by atoms with Crippen molar-refractivity contribution in [3.8, 4) is 0 Å². The van der Waals surface area contributed by atoms with Crippen LogP contribution in [0.1, 0.15) is 29.5 Å². The lowest BCUT2D eigenvalue weighted by Crippen LogP contribution is -2.32. The maximum Gasteiger partial charge on any atom is 0.249 e. The summed E-state index contributed by atoms with van der Waals surface area (Å²) in [4.78, 5) is 0.0266. The molecule has 0 saturated carbocycles. The SMILES string of the molecule is Cc1noc(C)c1S(=O)(=O)N1C[C@@H](O)C[C@@H]1c1ccc(F)cc1. The van der Waals surface area contributed by atoms with Gasteiger partial charge in [-0.2, -0.15) is 4.31 Å². The van der Waals surface area contributed by atoms with Crippen molar-refractivity contribution in [1.29, 1.82) is 0 Å². The van der Waals surface area contributed by atoms with Gasteiger partial charge in [0.2, 0.25) is 10.0 Å². The second kappa shape index (κ2) is 5.70. The Bertz CT molecular complexity index is 797. The van der Waals surface area contributed by atoms with E-state index in [2.05, 4.69) is 5.16 Å². The van der Waals surface area contributed by atoms with Crippen LogP contribution in [-0.2, 0) is 10.0 Å². The van der Waals surface area contributed by atoms with Crippen LogP contribution in [0.15, 0.2) is 33.7 Å². The Morgan fingerprint density at radius 1 is 1.30 bits per heavy atom. The maximum atomic E-state index is 13.1. The molecule has 2 heterocycles. The summed E-state index contributed by atoms with van der Waals surface area (Å²) in [6.45, 7) is 3.07. The van der Waals surface area contributed by atoms with Crippen LogP contribution in [0.5, 0.6) is 0 Å². The van der Waals surface area contributed by atoms with Gasteiger partial charge in [0, 0.05) is 6.54 Å². The fourth-order valence-electron chi connectivity index (χ4n) is 3.00. The molecule has 1 aromatic heterocycles. The zero-order valence-electron chi connectivity index (χ0n) is 12.7. The van der Waals surface area contributed by atoms with E-state index in [-0.39, 0.29) is 29.3 Å². The van der Waals surface area contributed by atoms with Gasteiger partial charge in [0.1, 0.15) is 16.4 Å². The summed E-state index contributed by atoms with van der Waals surface area (Å²) in [5.74, 6) is -0.186. The highest BCUT2D eigenvalue weighted by atomic mass is 32.2. The van der Waals surface area contributed by atoms with Crippen LogP contribution in [0.3, 0.4) is 0 Å². The summed E-state index contributed by atoms with van der Waals surface area (Å²) >= 11 is 0. The number of aliphatic hydroxyl groups excluding tert-OH is 1. The largest absolute Gasteiger partial charge is 0.392 e. The zero-order valence-corrected chi connectivity index (χ0v) is 13.5. The summed E-state index contributed by atoms with van der Waals surface area (Å²) in [6.07, 6.45) is -0.519. The highest BCUT2D eigenvalue weighted by Crippen LogP contribution is 2.38. The average Bonchev–Trinajstić information content (AvgIpc) is 3.03. The van der Waals surface area contributed by atoms with Gasteiger partial charge in [-0.15, -0.1) is 0 Å². The molecular weight excluding hydrogens is 323 g/mol. The van der Waals surface area contributed by atoms with Gasteiger partial charge in [-0.25, -0.2) is 12.8 Å². The molecule has 0 aliphatic carbocycles. The third-order valence-electron chi connectivity index (χ3n) is 4.02. The van der Waals surface area contributed by atoms with Gasteiger partial charge in [-0.1, -0.05) is 17.3 Å². The number of rotatable bonds is 3. The highest BCUT2D eigenvalue weighted by molar-refractivity contribution is 7.89. The van der Waals surface area contributed by atoms with Crippen molar-refractivity contribution in [1.82, 2.24) is 9.46 Å². The summed E-state index contributed by atoms with van der Waals surface area (Å²) in [7, 11) is -3.87. The summed E-state index contributed by atoms with van der Waals surface area (Å²) in [5.41, 5.74) is 0.917. The molecule has 23 heavy (non-hydrogen) atoms. The predicted octanol–water partition coefficient (Wildman–Crippen LogP) is 1.93. The van der Waals surface area contributed by atoms with Crippen LogP contribution >= 0.6 is 0 Å². The summed E-state index contributed by atoms with van der Waals surface area (Å²) < 4.78 is 45.2. The number of halogens is 1. The number of hydrogen-bond acceptors (Lipinski definition) is 5. The van der Waals surface area contributed by atoms with Crippen LogP contribution < -0.4 is 0 Å². The van der Waals surface area contributed by atoms with Crippen molar-refractivity contribution < 1.29 is 22.4 Å². The van der Waals surface area contributed by atoms with Crippen molar-refractivity contribution in [2.24, 2.45) is 0 Å². The van der Waals surface area contributed by atoms with Gasteiger partial charge in [-0.3, -0.25) is 0 Å². The molecule has 0 radical (unpaired) electrons. The van der Waals surface area contributed by atoms with Crippen molar-refractivity contribution in [2.45, 2.75) is 37.3 Å². The fourth-order valence-corrected chi connectivity index (χ4v) is 4.95. The third kappa shape index (κ3) is 2.77. The van der Waals surface area contributed by atoms with E-state index >= 15 is 0 Å². The number of hydrogen-bond donors (Lipinski definition) is 1. The normalized spacial score (nSPS) is 22.6. The highest BCUT2D eigenvalue weighted by Gasteiger charge is 2.42. The molecule has 1 N–H and O–H groups in total. The topological polar surface area (TPSA) is 83.6 Å². The number of β-amino-alcohol motifs (C(OH)–C–C–N with tert-alkyl or cyclic N) is 1. The van der Waals surface area contributed by atoms with Gasteiger partial charge >= 0.3 is 0 Å². The molecule has 0 unspecified atom stereocenters. The molecule has 2 atom stereocenters. The molecule has 0 bridgehead atoms. The summed E-state index contributed by atoms with van der Waals surface area (Å²) in [5, 5.41) is 13.7. The first-order valence-electron chi connectivity index (χ1n) is 7.19. The van der Waals surface area contributed by atoms with Gasteiger partial charge < -0.3 is 9.63 Å². The van der Waals surface area contributed by atoms with Crippen molar-refractivity contribution >= 4 is 10.0 Å². The lowest BCUT2D eigenvalue weighted by Gasteiger charge is -2.23. The van der Waals surface area contributed by atoms with E-state index in [0.717, 1.165) is 0 Å². The van der Waals surface area contributed by atoms with Crippen LogP contribution in [0.2, 0.25) is 0 Å². The molecule has 1 fully saturated rings. The van der Waals surface area contributed by atoms with Gasteiger partial charge in [0.25, 0.3) is 0 Å². The Labute approximate surface area is 133 Å². The Kier molecular flexibility index (Phi) is 3.99. The van der Waals surface area contributed by atoms with E-state index in [1.54, 1.807) is 6.92 Å². The van der Waals surface area contributed by atoms with Crippen molar-refractivity contribution in [3.05, 3.63) is 47.1 Å². The number of aromatic nitrogens is 1. The number of benzene rings is 1. The minimum absolute atomic E-state index is 0.0194. The molecule has 124 valence electrons. The lowest BCUT2D eigenvalue weighted by molar-refractivity contribution is 0.188. The fraction of sp³-hybridized carbons (Fsp3) is 0.400. The van der Waals surface area contributed by atoms with Crippen LogP contribution in [0.25, 0.3) is 0 Å². The molecule has 1 saturated heterocycles. The van der Waals surface area contributed by atoms with Crippen LogP contribution in [0, 0.1) is 19.7 Å². The molecule has 8 heteroatoms. The predicted molar refractivity (Wildman–Crippen MR) is 79.6 cm³/mol. The Hall–Kier alpha value is -1.77. The first-order chi connectivity index (χ1) is 10.8. The lowest BCUT2D eigenvalue weighted by atomic mass is 10.0. The minimum Gasteiger partial charge on any atom is -0.392 e. The first kappa shape index (κ1) is 16.1. The van der Waals surface area contributed by atoms with E-state index in [1.807, 2.05) is 0 Å². The second-order valence-corrected chi connectivity index (χ2v) is 7.51. The molecule has 6 nitrogen and oxygen atoms in total. The first-order valence-corrected chi connectivity index (χ1v) is 8.63. The van der Waals surface area contributed by atoms with E-state index in [9.17, 15) is 17.9 Å². The second-order valence-electron chi connectivity index (χ2n) is 5.68. The van der Waals surface area contributed by atoms with Gasteiger partial charge in [0.05, 0.1) is 12.1 Å². The van der Waals surface area contributed by atoms with E-state index < -0.39 is 28.0 Å². The van der Waals surface area contributed by atoms with Crippen molar-refractivity contribution in [2.75, 3.05) is 6.54 Å². The quantitative estimate of drug-likeness (QED) is 0.923. The molecule has 2 aromatic rings. The van der Waals surface area contributed by atoms with Gasteiger partial charge in [-0.05, 0) is 38.0 Å². The molecular formula is C15H17FN2O4S. The smallest absolute Gasteiger partial charge is 0.249 e. The number of aliphatic hydroxyl groups is 1. The zero-order chi connectivity index (χ0) is 16.8. The monoisotopic (exact) mass is 340 g/mol. The number of nitrogens with zero attached hydrogens (tertiary/aromatic N) is 2. The summed E-state index contributed by atoms with van der Waals surface area (Å²) in [6, 6.07) is 5.08. The van der Waals surface area contributed by atoms with Crippen LogP contribution in [0.4, 0.5) is 4.39 Å².